The molecule has 9 nitrogen and oxygen atoms in total. The highest BCUT2D eigenvalue weighted by atomic mass is 32.2. The van der Waals surface area contributed by atoms with Crippen LogP contribution < -0.4 is 16.2 Å². The maximum atomic E-state index is 12.0. The topological polar surface area (TPSA) is 118 Å². The molecule has 0 fully saturated rings. The van der Waals surface area contributed by atoms with Gasteiger partial charge in [0.25, 0.3) is 5.56 Å². The number of carbonyl (C=O) groups is 2. The van der Waals surface area contributed by atoms with Crippen LogP contribution in [0.4, 0.5) is 4.79 Å². The zero-order valence-corrected chi connectivity index (χ0v) is 14.2. The number of sulfonamides is 1. The summed E-state index contributed by atoms with van der Waals surface area (Å²) in [5.41, 5.74) is -0.554. The largest absolute Gasteiger partial charge is 0.336 e. The van der Waals surface area contributed by atoms with Gasteiger partial charge in [-0.1, -0.05) is 0 Å². The fourth-order valence-electron chi connectivity index (χ4n) is 1.62. The zero-order chi connectivity index (χ0) is 17.8. The number of pyridine rings is 1. The zero-order valence-electron chi connectivity index (χ0n) is 13.4. The predicted molar refractivity (Wildman–Crippen MR) is 83.4 cm³/mol. The molecule has 0 atom stereocenters. The smallest absolute Gasteiger partial charge is 0.321 e. The van der Waals surface area contributed by atoms with Gasteiger partial charge < -0.3 is 9.88 Å². The molecule has 2 N–H and O–H groups in total. The molecule has 10 heteroatoms. The Morgan fingerprint density at radius 3 is 2.39 bits per heavy atom. The van der Waals surface area contributed by atoms with Gasteiger partial charge in [0.1, 0.15) is 6.54 Å². The number of carbonyl (C=O) groups excluding carboxylic acids is 2. The lowest BCUT2D eigenvalue weighted by atomic mass is 10.4. The summed E-state index contributed by atoms with van der Waals surface area (Å²) in [6.45, 7) is 2.98. The molecular weight excluding hydrogens is 324 g/mol. The van der Waals surface area contributed by atoms with Crippen LogP contribution in [0.25, 0.3) is 0 Å². The van der Waals surface area contributed by atoms with E-state index >= 15 is 0 Å². The van der Waals surface area contributed by atoms with Crippen molar-refractivity contribution < 1.29 is 18.0 Å². The van der Waals surface area contributed by atoms with Crippen molar-refractivity contribution in [1.82, 2.24) is 19.5 Å². The van der Waals surface area contributed by atoms with Crippen LogP contribution in [0.3, 0.4) is 0 Å². The lowest BCUT2D eigenvalue weighted by Crippen LogP contribution is -2.44. The second-order valence-corrected chi connectivity index (χ2v) is 7.45. The summed E-state index contributed by atoms with van der Waals surface area (Å²) in [6, 6.07) is 1.38. The molecule has 3 amide bonds. The third kappa shape index (κ3) is 5.18. The first-order valence-corrected chi connectivity index (χ1v) is 8.21. The van der Waals surface area contributed by atoms with Crippen LogP contribution in [0.5, 0.6) is 0 Å². The lowest BCUT2D eigenvalue weighted by molar-refractivity contribution is -0.120. The summed E-state index contributed by atoms with van der Waals surface area (Å²) in [7, 11) is -1.02. The SMILES string of the molecule is CC(C)NC(=O)NC(=O)Cn1cc(S(=O)(=O)N(C)C)ccc1=O. The first-order valence-electron chi connectivity index (χ1n) is 6.77. The molecule has 128 valence electrons. The van der Waals surface area contributed by atoms with Crippen LogP contribution in [-0.2, 0) is 21.4 Å². The molecule has 1 aromatic heterocycles. The van der Waals surface area contributed by atoms with Crippen LogP contribution in [0.2, 0.25) is 0 Å². The average Bonchev–Trinajstić information content (AvgIpc) is 2.39. The van der Waals surface area contributed by atoms with Gasteiger partial charge in [-0.15, -0.1) is 0 Å². The quantitative estimate of drug-likeness (QED) is 0.735. The molecule has 0 aliphatic heterocycles. The van der Waals surface area contributed by atoms with Gasteiger partial charge >= 0.3 is 6.03 Å². The maximum absolute atomic E-state index is 12.0. The van der Waals surface area contributed by atoms with Gasteiger partial charge in [0, 0.05) is 32.4 Å². The highest BCUT2D eigenvalue weighted by Crippen LogP contribution is 2.10. The van der Waals surface area contributed by atoms with Crippen molar-refractivity contribution in [2.24, 2.45) is 0 Å². The van der Waals surface area contributed by atoms with E-state index in [2.05, 4.69) is 10.6 Å². The Bertz CT molecular complexity index is 752. The molecule has 0 aliphatic rings. The van der Waals surface area contributed by atoms with Crippen LogP contribution in [0.1, 0.15) is 13.8 Å². The van der Waals surface area contributed by atoms with Gasteiger partial charge in [0.2, 0.25) is 15.9 Å². The number of aromatic nitrogens is 1. The fourth-order valence-corrected chi connectivity index (χ4v) is 2.54. The molecule has 0 bridgehead atoms. The van der Waals surface area contributed by atoms with Crippen molar-refractivity contribution >= 4 is 22.0 Å². The number of nitrogens with one attached hydrogen (secondary N) is 2. The van der Waals surface area contributed by atoms with E-state index in [1.807, 2.05) is 0 Å². The Labute approximate surface area is 134 Å². The van der Waals surface area contributed by atoms with Crippen LogP contribution in [0.15, 0.2) is 28.0 Å². The van der Waals surface area contributed by atoms with Crippen molar-refractivity contribution in [2.75, 3.05) is 14.1 Å². The molecule has 0 aromatic carbocycles. The summed E-state index contributed by atoms with van der Waals surface area (Å²) < 4.78 is 26.0. The summed E-state index contributed by atoms with van der Waals surface area (Å²) in [5.74, 6) is -0.732. The van der Waals surface area contributed by atoms with Crippen molar-refractivity contribution in [3.63, 3.8) is 0 Å². The van der Waals surface area contributed by atoms with Crippen LogP contribution >= 0.6 is 0 Å². The molecule has 23 heavy (non-hydrogen) atoms. The van der Waals surface area contributed by atoms with E-state index < -0.39 is 34.1 Å². The van der Waals surface area contributed by atoms with Gasteiger partial charge in [-0.25, -0.2) is 17.5 Å². The van der Waals surface area contributed by atoms with Crippen molar-refractivity contribution in [3.8, 4) is 0 Å². The van der Waals surface area contributed by atoms with Crippen molar-refractivity contribution in [1.29, 1.82) is 0 Å². The minimum absolute atomic E-state index is 0.124. The Morgan fingerprint density at radius 2 is 1.87 bits per heavy atom. The molecule has 0 unspecified atom stereocenters. The average molecular weight is 344 g/mol. The van der Waals surface area contributed by atoms with E-state index in [-0.39, 0.29) is 10.9 Å². The van der Waals surface area contributed by atoms with E-state index in [4.69, 9.17) is 0 Å². The monoisotopic (exact) mass is 344 g/mol. The fraction of sp³-hybridized carbons (Fsp3) is 0.462. The minimum atomic E-state index is -3.73. The Kier molecular flexibility index (Phi) is 6.05. The normalized spacial score (nSPS) is 11.6. The van der Waals surface area contributed by atoms with Gasteiger partial charge in [0.05, 0.1) is 4.90 Å². The van der Waals surface area contributed by atoms with E-state index in [1.54, 1.807) is 13.8 Å². The highest BCUT2D eigenvalue weighted by molar-refractivity contribution is 7.89. The number of amides is 3. The lowest BCUT2D eigenvalue weighted by Gasteiger charge is -2.13. The molecule has 0 aliphatic carbocycles. The molecule has 0 spiro atoms. The van der Waals surface area contributed by atoms with Crippen molar-refractivity contribution in [2.45, 2.75) is 31.3 Å². The Hall–Kier alpha value is -2.20. The molecule has 1 heterocycles. The number of nitrogens with zero attached hydrogens (tertiary/aromatic N) is 2. The maximum Gasteiger partial charge on any atom is 0.321 e. The second kappa shape index (κ2) is 7.38. The van der Waals surface area contributed by atoms with E-state index in [0.717, 1.165) is 27.2 Å². The number of hydrogen-bond donors (Lipinski definition) is 2. The molecular formula is C13H20N4O5S. The number of imide groups is 1. The van der Waals surface area contributed by atoms with Gasteiger partial charge in [-0.05, 0) is 19.9 Å². The molecule has 1 rings (SSSR count). The molecule has 0 saturated carbocycles. The van der Waals surface area contributed by atoms with E-state index in [1.165, 1.54) is 14.1 Å². The summed E-state index contributed by atoms with van der Waals surface area (Å²) in [4.78, 5) is 34.8. The first-order chi connectivity index (χ1) is 10.5. The third-order valence-electron chi connectivity index (χ3n) is 2.72. The van der Waals surface area contributed by atoms with Crippen LogP contribution in [0, 0.1) is 0 Å². The highest BCUT2D eigenvalue weighted by Gasteiger charge is 2.19. The molecule has 0 saturated heterocycles. The minimum Gasteiger partial charge on any atom is -0.336 e. The van der Waals surface area contributed by atoms with Gasteiger partial charge in [-0.2, -0.15) is 0 Å². The van der Waals surface area contributed by atoms with E-state index in [9.17, 15) is 22.8 Å². The second-order valence-electron chi connectivity index (χ2n) is 5.29. The summed E-state index contributed by atoms with van der Waals surface area (Å²) in [5, 5.41) is 4.52. The molecule has 1 aromatic rings. The Balaban J connectivity index is 2.95. The predicted octanol–water partition coefficient (Wildman–Crippen LogP) is -0.667. The van der Waals surface area contributed by atoms with Gasteiger partial charge in [-0.3, -0.25) is 14.9 Å². The number of urea groups is 1. The van der Waals surface area contributed by atoms with Crippen LogP contribution in [-0.4, -0.2) is 49.4 Å². The number of rotatable bonds is 5. The van der Waals surface area contributed by atoms with E-state index in [0.29, 0.717) is 0 Å². The van der Waals surface area contributed by atoms with Gasteiger partial charge in [0.15, 0.2) is 0 Å². The third-order valence-corrected chi connectivity index (χ3v) is 4.52. The summed E-state index contributed by atoms with van der Waals surface area (Å²) in [6.07, 6.45) is 1.07. The number of hydrogen-bond acceptors (Lipinski definition) is 5. The molecule has 0 radical (unpaired) electrons. The first kappa shape index (κ1) is 18.8. The standard InChI is InChI=1S/C13H20N4O5S/c1-9(2)14-13(20)15-11(18)8-17-7-10(5-6-12(17)19)23(21,22)16(3)4/h5-7,9H,8H2,1-4H3,(H2,14,15,18,20). The van der Waals surface area contributed by atoms with Crippen molar-refractivity contribution in [3.05, 3.63) is 28.7 Å². The Morgan fingerprint density at radius 1 is 1.26 bits per heavy atom. The summed E-state index contributed by atoms with van der Waals surface area (Å²) >= 11 is 0.